The number of piperazine rings is 1. The topological polar surface area (TPSA) is 156 Å². The van der Waals surface area contributed by atoms with E-state index in [9.17, 15) is 19.2 Å². The molecule has 4 aliphatic rings. The lowest BCUT2D eigenvalue weighted by Gasteiger charge is -2.40. The van der Waals surface area contributed by atoms with E-state index >= 15 is 0 Å². The van der Waals surface area contributed by atoms with E-state index in [1.165, 1.54) is 6.20 Å². The molecule has 10 rings (SSSR count). The van der Waals surface area contributed by atoms with Gasteiger partial charge in [0.1, 0.15) is 22.1 Å². The van der Waals surface area contributed by atoms with Gasteiger partial charge in [0.25, 0.3) is 5.91 Å². The Balaban J connectivity index is 0.673. The summed E-state index contributed by atoms with van der Waals surface area (Å²) in [5.74, 6) is 1.68. The number of nitrogens with one attached hydrogen (secondary N) is 3. The largest absolute Gasteiger partial charge is 0.453 e. The molecule has 1 atom stereocenters. The Morgan fingerprint density at radius 3 is 2.22 bits per heavy atom. The highest BCUT2D eigenvalue weighted by Crippen LogP contribution is 2.37. The smallest absolute Gasteiger partial charge is 0.255 e. The molecule has 4 aliphatic heterocycles. The molecule has 0 saturated carbocycles. The van der Waals surface area contributed by atoms with Gasteiger partial charge in [-0.1, -0.05) is 41.9 Å². The molecular weight excluding hydrogens is 866 g/mol. The molecule has 15 heteroatoms. The minimum atomic E-state index is -0.267. The molecule has 0 aliphatic carbocycles. The van der Waals surface area contributed by atoms with Crippen molar-refractivity contribution in [2.75, 3.05) is 74.0 Å². The van der Waals surface area contributed by atoms with Crippen LogP contribution in [0.15, 0.2) is 109 Å². The van der Waals surface area contributed by atoms with Crippen molar-refractivity contribution in [3.63, 3.8) is 0 Å². The Bertz CT molecular complexity index is 2740. The van der Waals surface area contributed by atoms with Crippen LogP contribution in [-0.2, 0) is 14.4 Å². The number of para-hydroxylation sites is 1. The van der Waals surface area contributed by atoms with Crippen LogP contribution in [0.4, 0.5) is 17.1 Å². The Hall–Kier alpha value is -6.77. The quantitative estimate of drug-likeness (QED) is 0.109. The normalized spacial score (nSPS) is 18.8. The number of pyridine rings is 1. The Morgan fingerprint density at radius 2 is 1.49 bits per heavy atom. The molecule has 14 nitrogen and oxygen atoms in total. The van der Waals surface area contributed by atoms with Gasteiger partial charge in [-0.25, -0.2) is 9.97 Å². The lowest BCUT2D eigenvalue weighted by molar-refractivity contribution is -0.137. The number of likely N-dealkylation sites (tertiary alicyclic amines) is 1. The van der Waals surface area contributed by atoms with Gasteiger partial charge in [-0.2, -0.15) is 0 Å². The Labute approximate surface area is 394 Å². The molecule has 4 amide bonds. The van der Waals surface area contributed by atoms with Crippen LogP contribution >= 0.6 is 11.6 Å². The number of aromatic amines is 1. The molecule has 6 aromatic rings. The summed E-state index contributed by atoms with van der Waals surface area (Å²) in [6, 6.07) is 32.7. The van der Waals surface area contributed by atoms with Crippen molar-refractivity contribution in [3.8, 4) is 22.9 Å². The standard InChI is InChI=1S/C52H54ClN9O5/c53-44-32-54-49-46(47(44)67-42-15-11-36(12-16-42)50(64)55-39-6-2-1-3-7-39)57-48(58-49)35-9-13-40(14-10-35)61-27-29-62(30-28-61)52(66)37-21-23-59(24-22-37)33-34-19-25-60(26-20-34)41-8-4-5-38(31-41)43-17-18-45(63)56-51(43)65/h1-16,31-32,34,37,43H,17-30,33H2,(H,55,64)(H,54,57,58)(H,56,63,65)/t43-/m0/s1. The highest BCUT2D eigenvalue weighted by Gasteiger charge is 2.33. The number of ether oxygens (including phenoxy) is 1. The average Bonchev–Trinajstić information content (AvgIpc) is 3.81. The van der Waals surface area contributed by atoms with Gasteiger partial charge in [-0.3, -0.25) is 24.5 Å². The van der Waals surface area contributed by atoms with Crippen LogP contribution in [0.5, 0.6) is 11.5 Å². The average molecular weight is 921 g/mol. The number of aromatic nitrogens is 3. The zero-order valence-electron chi connectivity index (χ0n) is 37.3. The summed E-state index contributed by atoms with van der Waals surface area (Å²) in [6.07, 6.45) is 6.53. The van der Waals surface area contributed by atoms with Crippen LogP contribution in [0, 0.1) is 11.8 Å². The number of anilines is 3. The first-order valence-electron chi connectivity index (χ1n) is 23.4. The van der Waals surface area contributed by atoms with Crippen LogP contribution < -0.4 is 25.2 Å². The van der Waals surface area contributed by atoms with Crippen molar-refractivity contribution < 1.29 is 23.9 Å². The summed E-state index contributed by atoms with van der Waals surface area (Å²) in [7, 11) is 0. The van der Waals surface area contributed by atoms with E-state index in [4.69, 9.17) is 21.3 Å². The number of halogens is 1. The Morgan fingerprint density at radius 1 is 0.761 bits per heavy atom. The summed E-state index contributed by atoms with van der Waals surface area (Å²) in [4.78, 5) is 72.6. The molecule has 0 radical (unpaired) electrons. The van der Waals surface area contributed by atoms with Crippen LogP contribution in [0.1, 0.15) is 60.4 Å². The van der Waals surface area contributed by atoms with Crippen LogP contribution in [-0.4, -0.2) is 107 Å². The van der Waals surface area contributed by atoms with E-state index in [-0.39, 0.29) is 29.6 Å². The summed E-state index contributed by atoms with van der Waals surface area (Å²) in [5.41, 5.74) is 6.36. The molecule has 0 unspecified atom stereocenters. The zero-order chi connectivity index (χ0) is 45.9. The van der Waals surface area contributed by atoms with Crippen molar-refractivity contribution in [2.45, 2.75) is 44.4 Å². The van der Waals surface area contributed by atoms with Crippen molar-refractivity contribution >= 4 is 63.5 Å². The number of carbonyl (C=O) groups excluding carboxylic acids is 4. The number of imidazole rings is 1. The third-order valence-electron chi connectivity index (χ3n) is 13.8. The molecule has 4 aromatic carbocycles. The summed E-state index contributed by atoms with van der Waals surface area (Å²) in [6.45, 7) is 7.93. The van der Waals surface area contributed by atoms with Gasteiger partial charge in [0.2, 0.25) is 17.7 Å². The van der Waals surface area contributed by atoms with Gasteiger partial charge < -0.3 is 34.6 Å². The maximum Gasteiger partial charge on any atom is 0.255 e. The number of hydrogen-bond acceptors (Lipinski definition) is 10. The first kappa shape index (κ1) is 44.1. The maximum absolute atomic E-state index is 13.7. The number of benzene rings is 4. The Kier molecular flexibility index (Phi) is 12.9. The molecule has 4 fully saturated rings. The lowest BCUT2D eigenvalue weighted by atomic mass is 9.89. The fourth-order valence-electron chi connectivity index (χ4n) is 9.99. The number of nitrogens with zero attached hydrogens (tertiary/aromatic N) is 6. The molecule has 2 aromatic heterocycles. The third-order valence-corrected chi connectivity index (χ3v) is 14.1. The first-order chi connectivity index (χ1) is 32.7. The number of piperidine rings is 3. The number of imide groups is 1. The highest BCUT2D eigenvalue weighted by molar-refractivity contribution is 6.32. The SMILES string of the molecule is O=C1CC[C@@H](c2cccc(N3CCC(CN4CCC(C(=O)N5CCN(c6ccc(-c7nc8ncc(Cl)c(Oc9ccc(C(=O)Nc%10ccccc%10)cc9)c8[nH]7)cc6)CC5)CC4)CC3)c2)C(=O)N1. The molecule has 3 N–H and O–H groups in total. The summed E-state index contributed by atoms with van der Waals surface area (Å²) >= 11 is 6.60. The second-order valence-electron chi connectivity index (χ2n) is 18.1. The van der Waals surface area contributed by atoms with E-state index in [1.807, 2.05) is 54.6 Å². The van der Waals surface area contributed by atoms with Gasteiger partial charge in [-0.15, -0.1) is 0 Å². The van der Waals surface area contributed by atoms with Crippen LogP contribution in [0.3, 0.4) is 0 Å². The maximum atomic E-state index is 13.7. The van der Waals surface area contributed by atoms with Crippen molar-refractivity contribution in [1.82, 2.24) is 30.1 Å². The number of hydrogen-bond donors (Lipinski definition) is 3. The molecule has 67 heavy (non-hydrogen) atoms. The predicted molar refractivity (Wildman–Crippen MR) is 260 cm³/mol. The van der Waals surface area contributed by atoms with Gasteiger partial charge in [0.15, 0.2) is 11.4 Å². The minimum absolute atomic E-state index is 0.0820. The minimum Gasteiger partial charge on any atom is -0.453 e. The van der Waals surface area contributed by atoms with Crippen molar-refractivity contribution in [3.05, 3.63) is 125 Å². The van der Waals surface area contributed by atoms with E-state index < -0.39 is 0 Å². The van der Waals surface area contributed by atoms with E-state index in [1.54, 1.807) is 24.3 Å². The first-order valence-corrected chi connectivity index (χ1v) is 23.8. The molecular formula is C52H54ClN9O5. The third kappa shape index (κ3) is 10.0. The van der Waals surface area contributed by atoms with Crippen LogP contribution in [0.2, 0.25) is 5.02 Å². The van der Waals surface area contributed by atoms with Crippen molar-refractivity contribution in [2.24, 2.45) is 11.8 Å². The van der Waals surface area contributed by atoms with Gasteiger partial charge in [-0.05, 0) is 129 Å². The predicted octanol–water partition coefficient (Wildman–Crippen LogP) is 8.12. The number of amides is 4. The summed E-state index contributed by atoms with van der Waals surface area (Å²) < 4.78 is 6.23. The number of carbonyl (C=O) groups is 4. The molecule has 6 heterocycles. The van der Waals surface area contributed by atoms with Gasteiger partial charge in [0.05, 0.1) is 12.1 Å². The fraction of sp³-hybridized carbons (Fsp3) is 0.346. The van der Waals surface area contributed by atoms with E-state index in [0.29, 0.717) is 76.8 Å². The fourth-order valence-corrected chi connectivity index (χ4v) is 10.2. The molecule has 0 spiro atoms. The highest BCUT2D eigenvalue weighted by atomic mass is 35.5. The van der Waals surface area contributed by atoms with Crippen molar-refractivity contribution in [1.29, 1.82) is 0 Å². The van der Waals surface area contributed by atoms with Crippen LogP contribution in [0.25, 0.3) is 22.6 Å². The number of rotatable bonds is 11. The zero-order valence-corrected chi connectivity index (χ0v) is 38.1. The van der Waals surface area contributed by atoms with Gasteiger partial charge >= 0.3 is 0 Å². The number of H-pyrrole nitrogens is 1. The molecule has 344 valence electrons. The number of fused-ring (bicyclic) bond motifs is 1. The second-order valence-corrected chi connectivity index (χ2v) is 18.5. The molecule has 0 bridgehead atoms. The second kappa shape index (κ2) is 19.6. The molecule has 4 saturated heterocycles. The van der Waals surface area contributed by atoms with Gasteiger partial charge in [0, 0.05) is 86.3 Å². The van der Waals surface area contributed by atoms with E-state index in [2.05, 4.69) is 64.5 Å². The monoisotopic (exact) mass is 919 g/mol. The van der Waals surface area contributed by atoms with E-state index in [0.717, 1.165) is 99.7 Å². The lowest BCUT2D eigenvalue weighted by Crippen LogP contribution is -2.52. The summed E-state index contributed by atoms with van der Waals surface area (Å²) in [5, 5.41) is 5.70.